The van der Waals surface area contributed by atoms with Gasteiger partial charge in [0, 0.05) is 16.1 Å². The van der Waals surface area contributed by atoms with E-state index in [2.05, 4.69) is 25.7 Å². The zero-order valence-electron chi connectivity index (χ0n) is 8.03. The minimum Gasteiger partial charge on any atom is -0.465 e. The predicted molar refractivity (Wildman–Crippen MR) is 60.8 cm³/mol. The summed E-state index contributed by atoms with van der Waals surface area (Å²) in [6.45, 7) is 0. The summed E-state index contributed by atoms with van der Waals surface area (Å²) in [5, 5.41) is 0.910. The average Bonchev–Trinajstić information content (AvgIpc) is 2.28. The van der Waals surface area contributed by atoms with E-state index >= 15 is 0 Å². The van der Waals surface area contributed by atoms with Crippen molar-refractivity contribution in [2.75, 3.05) is 7.11 Å². The Morgan fingerprint density at radius 3 is 3.00 bits per heavy atom. The zero-order valence-corrected chi connectivity index (χ0v) is 9.61. The number of esters is 1. The highest BCUT2D eigenvalue weighted by molar-refractivity contribution is 9.10. The van der Waals surface area contributed by atoms with Crippen molar-refractivity contribution >= 4 is 32.8 Å². The number of hydrogen-bond acceptors (Lipinski definition) is 3. The lowest BCUT2D eigenvalue weighted by Gasteiger charge is -2.02. The summed E-state index contributed by atoms with van der Waals surface area (Å²) < 4.78 is 5.54. The molecule has 0 bridgehead atoms. The Labute approximate surface area is 95.2 Å². The Morgan fingerprint density at radius 1 is 1.47 bits per heavy atom. The largest absolute Gasteiger partial charge is 0.465 e. The summed E-state index contributed by atoms with van der Waals surface area (Å²) in [6.07, 6.45) is 1.51. The van der Waals surface area contributed by atoms with Crippen LogP contribution in [0, 0.1) is 0 Å². The highest BCUT2D eigenvalue weighted by Gasteiger charge is 2.07. The Kier molecular flexibility index (Phi) is 2.68. The Morgan fingerprint density at radius 2 is 2.27 bits per heavy atom. The fourth-order valence-corrected chi connectivity index (χ4v) is 1.84. The molecular weight excluding hydrogens is 258 g/mol. The molecule has 3 nitrogen and oxygen atoms in total. The summed E-state index contributed by atoms with van der Waals surface area (Å²) >= 11 is 3.40. The maximum atomic E-state index is 11.3. The van der Waals surface area contributed by atoms with Crippen molar-refractivity contribution in [2.24, 2.45) is 0 Å². The number of fused-ring (bicyclic) bond motifs is 1. The van der Waals surface area contributed by atoms with Gasteiger partial charge in [-0.25, -0.2) is 4.79 Å². The van der Waals surface area contributed by atoms with E-state index in [9.17, 15) is 4.79 Å². The van der Waals surface area contributed by atoms with Crippen LogP contribution in [-0.4, -0.2) is 18.1 Å². The van der Waals surface area contributed by atoms with Crippen molar-refractivity contribution < 1.29 is 9.53 Å². The number of carbonyl (C=O) groups excluding carboxylic acids is 1. The maximum absolute atomic E-state index is 11.3. The number of hydrogen-bond donors (Lipinski definition) is 0. The van der Waals surface area contributed by atoms with Gasteiger partial charge in [0.25, 0.3) is 0 Å². The molecule has 1 aromatic heterocycles. The van der Waals surface area contributed by atoms with Gasteiger partial charge >= 0.3 is 5.97 Å². The molecule has 0 aliphatic rings. The topological polar surface area (TPSA) is 39.2 Å². The monoisotopic (exact) mass is 265 g/mol. The van der Waals surface area contributed by atoms with Gasteiger partial charge in [-0.05, 0) is 28.1 Å². The van der Waals surface area contributed by atoms with Gasteiger partial charge in [-0.3, -0.25) is 4.98 Å². The van der Waals surface area contributed by atoms with E-state index in [0.717, 1.165) is 15.4 Å². The van der Waals surface area contributed by atoms with Gasteiger partial charge in [0.2, 0.25) is 0 Å². The average molecular weight is 266 g/mol. The number of aromatic nitrogens is 1. The number of para-hydroxylation sites is 1. The minimum absolute atomic E-state index is 0.371. The second-order valence-electron chi connectivity index (χ2n) is 3.03. The third-order valence-corrected chi connectivity index (χ3v) is 2.72. The minimum atomic E-state index is -0.371. The quantitative estimate of drug-likeness (QED) is 0.745. The first kappa shape index (κ1) is 10.1. The molecule has 0 atom stereocenters. The summed E-state index contributed by atoms with van der Waals surface area (Å²) in [5.74, 6) is -0.371. The molecule has 0 radical (unpaired) electrons. The first-order valence-corrected chi connectivity index (χ1v) is 5.14. The zero-order chi connectivity index (χ0) is 10.8. The van der Waals surface area contributed by atoms with Gasteiger partial charge in [-0.1, -0.05) is 12.1 Å². The summed E-state index contributed by atoms with van der Waals surface area (Å²) in [5.41, 5.74) is 1.30. The van der Waals surface area contributed by atoms with Gasteiger partial charge in [0.05, 0.1) is 18.2 Å². The second kappa shape index (κ2) is 3.98. The van der Waals surface area contributed by atoms with Crippen molar-refractivity contribution in [3.05, 3.63) is 40.5 Å². The van der Waals surface area contributed by atoms with Gasteiger partial charge in [0.15, 0.2) is 0 Å². The van der Waals surface area contributed by atoms with Crippen molar-refractivity contribution in [1.29, 1.82) is 0 Å². The lowest BCUT2D eigenvalue weighted by molar-refractivity contribution is 0.0600. The van der Waals surface area contributed by atoms with Crippen LogP contribution in [0.25, 0.3) is 10.9 Å². The van der Waals surface area contributed by atoms with Crippen molar-refractivity contribution in [2.45, 2.75) is 0 Å². The molecule has 0 amide bonds. The van der Waals surface area contributed by atoms with Crippen molar-refractivity contribution in [1.82, 2.24) is 4.98 Å². The SMILES string of the molecule is COC(=O)c1cnc2c(Br)cccc2c1. The molecule has 0 aliphatic carbocycles. The smallest absolute Gasteiger partial charge is 0.339 e. The number of ether oxygens (including phenoxy) is 1. The number of nitrogens with zero attached hydrogens (tertiary/aromatic N) is 1. The van der Waals surface area contributed by atoms with E-state index in [-0.39, 0.29) is 5.97 Å². The number of benzene rings is 1. The van der Waals surface area contributed by atoms with Gasteiger partial charge in [0.1, 0.15) is 0 Å². The third kappa shape index (κ3) is 1.85. The normalized spacial score (nSPS) is 10.3. The highest BCUT2D eigenvalue weighted by Crippen LogP contribution is 2.22. The third-order valence-electron chi connectivity index (χ3n) is 2.08. The second-order valence-corrected chi connectivity index (χ2v) is 3.88. The Bertz CT molecular complexity index is 525. The first-order chi connectivity index (χ1) is 7.22. The Balaban J connectivity index is 2.62. The maximum Gasteiger partial charge on any atom is 0.339 e. The molecule has 0 fully saturated rings. The predicted octanol–water partition coefficient (Wildman–Crippen LogP) is 2.78. The molecule has 0 saturated heterocycles. The van der Waals surface area contributed by atoms with E-state index in [0.29, 0.717) is 5.56 Å². The lowest BCUT2D eigenvalue weighted by Crippen LogP contribution is -2.01. The molecule has 0 unspecified atom stereocenters. The molecule has 2 rings (SSSR count). The summed E-state index contributed by atoms with van der Waals surface area (Å²) in [7, 11) is 1.35. The fourth-order valence-electron chi connectivity index (χ4n) is 1.35. The van der Waals surface area contributed by atoms with E-state index in [1.54, 1.807) is 6.07 Å². The van der Waals surface area contributed by atoms with Crippen LogP contribution in [0.2, 0.25) is 0 Å². The molecule has 2 aromatic rings. The summed E-state index contributed by atoms with van der Waals surface area (Å²) in [4.78, 5) is 15.5. The number of rotatable bonds is 1. The van der Waals surface area contributed by atoms with Gasteiger partial charge < -0.3 is 4.74 Å². The molecule has 1 heterocycles. The molecule has 0 N–H and O–H groups in total. The van der Waals surface area contributed by atoms with Crippen LogP contribution in [-0.2, 0) is 4.74 Å². The molecule has 4 heteroatoms. The molecule has 0 saturated carbocycles. The molecule has 0 aliphatic heterocycles. The first-order valence-electron chi connectivity index (χ1n) is 4.35. The fraction of sp³-hybridized carbons (Fsp3) is 0.0909. The highest BCUT2D eigenvalue weighted by atomic mass is 79.9. The van der Waals surface area contributed by atoms with Crippen LogP contribution in [0.3, 0.4) is 0 Å². The van der Waals surface area contributed by atoms with Crippen LogP contribution >= 0.6 is 15.9 Å². The van der Waals surface area contributed by atoms with E-state index < -0.39 is 0 Å². The summed E-state index contributed by atoms with van der Waals surface area (Å²) in [6, 6.07) is 7.47. The number of halogens is 1. The van der Waals surface area contributed by atoms with Gasteiger partial charge in [-0.15, -0.1) is 0 Å². The van der Waals surface area contributed by atoms with E-state index in [1.807, 2.05) is 18.2 Å². The molecular formula is C11H8BrNO2. The molecule has 0 spiro atoms. The van der Waals surface area contributed by atoms with Crippen molar-refractivity contribution in [3.8, 4) is 0 Å². The van der Waals surface area contributed by atoms with Crippen LogP contribution < -0.4 is 0 Å². The van der Waals surface area contributed by atoms with Crippen LogP contribution in [0.4, 0.5) is 0 Å². The van der Waals surface area contributed by atoms with Gasteiger partial charge in [-0.2, -0.15) is 0 Å². The number of methoxy groups -OCH3 is 1. The molecule has 1 aromatic carbocycles. The van der Waals surface area contributed by atoms with Crippen molar-refractivity contribution in [3.63, 3.8) is 0 Å². The molecule has 15 heavy (non-hydrogen) atoms. The van der Waals surface area contributed by atoms with E-state index in [4.69, 9.17) is 0 Å². The number of pyridine rings is 1. The van der Waals surface area contributed by atoms with Crippen LogP contribution in [0.5, 0.6) is 0 Å². The number of carbonyl (C=O) groups is 1. The van der Waals surface area contributed by atoms with Crippen LogP contribution in [0.15, 0.2) is 34.9 Å². The molecule has 76 valence electrons. The lowest BCUT2D eigenvalue weighted by atomic mass is 10.1. The van der Waals surface area contributed by atoms with E-state index in [1.165, 1.54) is 13.3 Å². The standard InChI is InChI=1S/C11H8BrNO2/c1-15-11(14)8-5-7-3-2-4-9(12)10(7)13-6-8/h2-6H,1H3. The Hall–Kier alpha value is -1.42. The van der Waals surface area contributed by atoms with Crippen LogP contribution in [0.1, 0.15) is 10.4 Å².